The van der Waals surface area contributed by atoms with Gasteiger partial charge in [0.1, 0.15) is 5.78 Å². The van der Waals surface area contributed by atoms with Crippen LogP contribution in [0, 0.1) is 0 Å². The van der Waals surface area contributed by atoms with Crippen molar-refractivity contribution in [3.8, 4) is 0 Å². The zero-order chi connectivity index (χ0) is 23.2. The van der Waals surface area contributed by atoms with E-state index in [0.717, 1.165) is 34.4 Å². The number of thiophene rings is 1. The topological polar surface area (TPSA) is 54.5 Å². The second kappa shape index (κ2) is 8.68. The molecule has 2 heterocycles. The van der Waals surface area contributed by atoms with Gasteiger partial charge in [-0.25, -0.2) is 0 Å². The first-order chi connectivity index (χ1) is 15.8. The normalized spacial score (nSPS) is 21.4. The zero-order valence-corrected chi connectivity index (χ0v) is 20.1. The number of carbonyl (C=O) groups excluding carboxylic acids is 3. The lowest BCUT2D eigenvalue weighted by Gasteiger charge is -2.30. The number of aryl methyl sites for hydroxylation is 2. The summed E-state index contributed by atoms with van der Waals surface area (Å²) in [7, 11) is 0. The van der Waals surface area contributed by atoms with Crippen molar-refractivity contribution in [1.82, 2.24) is 4.90 Å². The van der Waals surface area contributed by atoms with Crippen molar-refractivity contribution in [3.05, 3.63) is 68.9 Å². The molecule has 0 spiro atoms. The summed E-state index contributed by atoms with van der Waals surface area (Å²) < 4.78 is 0. The summed E-state index contributed by atoms with van der Waals surface area (Å²) in [6.07, 6.45) is 6.90. The maximum absolute atomic E-state index is 12.9. The Morgan fingerprint density at radius 3 is 2.58 bits per heavy atom. The summed E-state index contributed by atoms with van der Waals surface area (Å²) in [4.78, 5) is 40.8. The average Bonchev–Trinajstić information content (AvgIpc) is 3.30. The van der Waals surface area contributed by atoms with Gasteiger partial charge < -0.3 is 4.90 Å². The number of amides is 1. The third-order valence-corrected chi connectivity index (χ3v) is 8.81. The van der Waals surface area contributed by atoms with Gasteiger partial charge in [0.25, 0.3) is 5.91 Å². The van der Waals surface area contributed by atoms with Crippen molar-refractivity contribution in [2.24, 2.45) is 0 Å². The lowest BCUT2D eigenvalue weighted by Crippen LogP contribution is -2.43. The highest BCUT2D eigenvalue weighted by atomic mass is 32.1. The van der Waals surface area contributed by atoms with Crippen LogP contribution < -0.4 is 0 Å². The molecule has 0 radical (unpaired) electrons. The second-order valence-electron chi connectivity index (χ2n) is 10.2. The molecular weight excluding hydrogens is 430 g/mol. The lowest BCUT2D eigenvalue weighted by molar-refractivity contribution is -0.124. The molecule has 172 valence electrons. The number of fused-ring (bicyclic) bond motifs is 1. The van der Waals surface area contributed by atoms with E-state index < -0.39 is 0 Å². The van der Waals surface area contributed by atoms with Crippen molar-refractivity contribution in [1.29, 1.82) is 0 Å². The van der Waals surface area contributed by atoms with E-state index in [9.17, 15) is 14.4 Å². The number of rotatable bonds is 8. The molecule has 1 aromatic heterocycles. The zero-order valence-electron chi connectivity index (χ0n) is 19.3. The van der Waals surface area contributed by atoms with Gasteiger partial charge in [-0.1, -0.05) is 43.3 Å². The molecule has 5 heteroatoms. The lowest BCUT2D eigenvalue weighted by atomic mass is 9.89. The van der Waals surface area contributed by atoms with Crippen LogP contribution in [0.25, 0.3) is 0 Å². The molecular formula is C28H31NO3S. The van der Waals surface area contributed by atoms with Crippen LogP contribution in [-0.2, 0) is 34.4 Å². The van der Waals surface area contributed by atoms with Crippen molar-refractivity contribution >= 4 is 28.8 Å². The Morgan fingerprint density at radius 2 is 1.88 bits per heavy atom. The minimum Gasteiger partial charge on any atom is -0.324 e. The van der Waals surface area contributed by atoms with Crippen LogP contribution in [-0.4, -0.2) is 28.4 Å². The molecule has 1 amide bonds. The smallest absolute Gasteiger partial charge is 0.255 e. The van der Waals surface area contributed by atoms with Gasteiger partial charge in [-0.15, -0.1) is 11.3 Å². The first kappa shape index (κ1) is 22.3. The van der Waals surface area contributed by atoms with Gasteiger partial charge in [0.15, 0.2) is 5.78 Å². The van der Waals surface area contributed by atoms with Crippen LogP contribution in [0.4, 0.5) is 0 Å². The van der Waals surface area contributed by atoms with E-state index in [1.54, 1.807) is 16.2 Å². The molecule has 2 saturated carbocycles. The second-order valence-corrected chi connectivity index (χ2v) is 11.2. The predicted molar refractivity (Wildman–Crippen MR) is 131 cm³/mol. The Hall–Kier alpha value is -2.53. The predicted octanol–water partition coefficient (Wildman–Crippen LogP) is 5.57. The number of ketones is 2. The molecule has 0 saturated heterocycles. The van der Waals surface area contributed by atoms with E-state index in [-0.39, 0.29) is 23.5 Å². The molecule has 0 bridgehead atoms. The SMILES string of the molecule is C=C1CC[C@H](N2Cc3c(csc3CCC(=O)CCc3ccc(C4(C)CC4)cc3)C2=O)C(=O)C1. The molecule has 0 unspecified atom stereocenters. The molecule has 1 atom stereocenters. The van der Waals surface area contributed by atoms with Crippen LogP contribution in [0.15, 0.2) is 41.8 Å². The van der Waals surface area contributed by atoms with E-state index in [4.69, 9.17) is 0 Å². The summed E-state index contributed by atoms with van der Waals surface area (Å²) in [5.41, 5.74) is 5.72. The first-order valence-corrected chi connectivity index (χ1v) is 12.9. The molecule has 1 aromatic carbocycles. The Morgan fingerprint density at radius 1 is 1.15 bits per heavy atom. The molecule has 2 aromatic rings. The summed E-state index contributed by atoms with van der Waals surface area (Å²) >= 11 is 1.57. The third-order valence-electron chi connectivity index (χ3n) is 7.72. The van der Waals surface area contributed by atoms with Gasteiger partial charge in [0.2, 0.25) is 0 Å². The van der Waals surface area contributed by atoms with Crippen LogP contribution in [0.3, 0.4) is 0 Å². The van der Waals surface area contributed by atoms with Gasteiger partial charge in [-0.3, -0.25) is 14.4 Å². The van der Waals surface area contributed by atoms with Crippen molar-refractivity contribution in [2.75, 3.05) is 0 Å². The molecule has 2 fully saturated rings. The van der Waals surface area contributed by atoms with E-state index >= 15 is 0 Å². The van der Waals surface area contributed by atoms with Crippen molar-refractivity contribution in [3.63, 3.8) is 0 Å². The first-order valence-electron chi connectivity index (χ1n) is 12.0. The Balaban J connectivity index is 1.14. The van der Waals surface area contributed by atoms with Gasteiger partial charge in [0.05, 0.1) is 11.6 Å². The number of Topliss-reactive ketones (excluding diaryl/α,β-unsaturated/α-hetero) is 2. The van der Waals surface area contributed by atoms with E-state index in [2.05, 4.69) is 37.8 Å². The molecule has 33 heavy (non-hydrogen) atoms. The highest BCUT2D eigenvalue weighted by Gasteiger charge is 2.40. The van der Waals surface area contributed by atoms with Crippen LogP contribution in [0.5, 0.6) is 0 Å². The van der Waals surface area contributed by atoms with Gasteiger partial charge >= 0.3 is 0 Å². The van der Waals surface area contributed by atoms with Crippen LogP contribution in [0.1, 0.15) is 83.8 Å². The maximum Gasteiger partial charge on any atom is 0.255 e. The van der Waals surface area contributed by atoms with E-state index in [1.165, 1.54) is 24.0 Å². The maximum atomic E-state index is 12.9. The van der Waals surface area contributed by atoms with Crippen molar-refractivity contribution in [2.45, 2.75) is 82.7 Å². The van der Waals surface area contributed by atoms with Crippen LogP contribution >= 0.6 is 11.3 Å². The van der Waals surface area contributed by atoms with Crippen molar-refractivity contribution < 1.29 is 14.4 Å². The van der Waals surface area contributed by atoms with Gasteiger partial charge in [-0.05, 0) is 60.6 Å². The number of hydrogen-bond acceptors (Lipinski definition) is 4. The van der Waals surface area contributed by atoms with Crippen LogP contribution in [0.2, 0.25) is 0 Å². The van der Waals surface area contributed by atoms with E-state index in [1.807, 2.05) is 5.38 Å². The molecule has 4 nitrogen and oxygen atoms in total. The number of nitrogens with zero attached hydrogens (tertiary/aromatic N) is 1. The summed E-state index contributed by atoms with van der Waals surface area (Å²) in [5.74, 6) is 0.329. The number of allylic oxidation sites excluding steroid dienone is 1. The quantitative estimate of drug-likeness (QED) is 0.483. The Kier molecular flexibility index (Phi) is 5.86. The fourth-order valence-electron chi connectivity index (χ4n) is 5.13. The minimum atomic E-state index is -0.330. The Labute approximate surface area is 199 Å². The number of benzene rings is 1. The largest absolute Gasteiger partial charge is 0.324 e. The fraction of sp³-hybridized carbons (Fsp3) is 0.464. The number of hydrogen-bond donors (Lipinski definition) is 0. The summed E-state index contributed by atoms with van der Waals surface area (Å²) in [5, 5.41) is 1.91. The monoisotopic (exact) mass is 461 g/mol. The van der Waals surface area contributed by atoms with Gasteiger partial charge in [-0.2, -0.15) is 0 Å². The van der Waals surface area contributed by atoms with Gasteiger partial charge in [0, 0.05) is 36.1 Å². The Bertz CT molecular complexity index is 1120. The summed E-state index contributed by atoms with van der Waals surface area (Å²) in [6, 6.07) is 8.44. The summed E-state index contributed by atoms with van der Waals surface area (Å²) in [6.45, 7) is 6.73. The molecule has 3 aliphatic rings. The molecule has 5 rings (SSSR count). The molecule has 0 N–H and O–H groups in total. The molecule has 1 aliphatic heterocycles. The van der Waals surface area contributed by atoms with E-state index in [0.29, 0.717) is 44.1 Å². The standard InChI is InChI=1S/C28H31NO3S/c1-18-3-11-24(25(31)15-18)29-16-22-23(27(29)32)17-33-26(22)12-10-21(30)9-6-19-4-7-20(8-5-19)28(2)13-14-28/h4-5,7-8,17,24H,1,3,6,9-16H2,2H3/t24-/m0/s1. The highest BCUT2D eigenvalue weighted by Crippen LogP contribution is 2.47. The molecule has 2 aliphatic carbocycles. The highest BCUT2D eigenvalue weighted by molar-refractivity contribution is 7.10. The number of carbonyl (C=O) groups is 3. The average molecular weight is 462 g/mol. The third kappa shape index (κ3) is 4.48. The fourth-order valence-corrected chi connectivity index (χ4v) is 6.17. The minimum absolute atomic E-state index is 0.0341.